The number of aliphatic hydroxyl groups excluding tert-OH is 1. The summed E-state index contributed by atoms with van der Waals surface area (Å²) < 4.78 is 5.31. The maximum absolute atomic E-state index is 13.0. The van der Waals surface area contributed by atoms with Crippen molar-refractivity contribution in [1.82, 2.24) is 4.90 Å². The quantitative estimate of drug-likeness (QED) is 0.215. The molecular weight excluding hydrogens is 412 g/mol. The lowest BCUT2D eigenvalue weighted by Gasteiger charge is -2.50. The number of benzene rings is 1. The van der Waals surface area contributed by atoms with Gasteiger partial charge in [0.05, 0.1) is 22.3 Å². The number of carbonyl (C=O) groups is 3. The molecule has 0 radical (unpaired) electrons. The van der Waals surface area contributed by atoms with E-state index in [0.717, 1.165) is 0 Å². The topological polar surface area (TPSA) is 127 Å². The molecule has 1 saturated heterocycles. The number of nitro groups is 1. The zero-order valence-electron chi connectivity index (χ0n) is 17.5. The largest absolute Gasteiger partial charge is 0.459 e. The van der Waals surface area contributed by atoms with Crippen molar-refractivity contribution < 1.29 is 29.2 Å². The molecule has 9 nitrogen and oxygen atoms in total. The molecule has 1 aliphatic rings. The lowest BCUT2D eigenvalue weighted by Crippen LogP contribution is -2.70. The van der Waals surface area contributed by atoms with Gasteiger partial charge in [-0.05, 0) is 30.9 Å². The summed E-state index contributed by atoms with van der Waals surface area (Å²) in [6.07, 6.45) is 0.827. The molecule has 0 aromatic heterocycles. The number of carbonyl (C=O) groups excluding carboxylic acids is 3. The number of hydrogen-bond donors (Lipinski definition) is 1. The fraction of sp³-hybridized carbons (Fsp3) is 0.550. The molecule has 1 aliphatic heterocycles. The number of nitro benzene ring substituents is 1. The van der Waals surface area contributed by atoms with Crippen molar-refractivity contribution in [1.29, 1.82) is 0 Å². The van der Waals surface area contributed by atoms with Gasteiger partial charge in [0.15, 0.2) is 11.8 Å². The van der Waals surface area contributed by atoms with E-state index in [-0.39, 0.29) is 12.3 Å². The minimum absolute atomic E-state index is 0.0935. The van der Waals surface area contributed by atoms with Gasteiger partial charge in [-0.25, -0.2) is 4.79 Å². The predicted octanol–water partition coefficient (Wildman–Crippen LogP) is 2.15. The second kappa shape index (κ2) is 9.13. The smallest absolute Gasteiger partial charge is 0.337 e. The highest BCUT2D eigenvalue weighted by atomic mass is 32.2. The predicted molar refractivity (Wildman–Crippen MR) is 110 cm³/mol. The van der Waals surface area contributed by atoms with Crippen LogP contribution in [0, 0.1) is 21.4 Å². The molecule has 0 saturated carbocycles. The minimum atomic E-state index is -1.43. The summed E-state index contributed by atoms with van der Waals surface area (Å²) in [5.41, 5.74) is -0.492. The van der Waals surface area contributed by atoms with Gasteiger partial charge in [0.2, 0.25) is 5.91 Å². The second-order valence-corrected chi connectivity index (χ2v) is 9.14. The van der Waals surface area contributed by atoms with Gasteiger partial charge in [0, 0.05) is 17.5 Å². The molecule has 0 aliphatic carbocycles. The van der Waals surface area contributed by atoms with Crippen molar-refractivity contribution in [2.24, 2.45) is 11.3 Å². The van der Waals surface area contributed by atoms with Crippen LogP contribution in [0.25, 0.3) is 0 Å². The van der Waals surface area contributed by atoms with Gasteiger partial charge < -0.3 is 14.7 Å². The van der Waals surface area contributed by atoms with Gasteiger partial charge in [0.1, 0.15) is 6.61 Å². The van der Waals surface area contributed by atoms with Crippen LogP contribution < -0.4 is 0 Å². The summed E-state index contributed by atoms with van der Waals surface area (Å²) in [5, 5.41) is 20.1. The number of likely N-dealkylation sites (tertiary alicyclic amines) is 1. The summed E-state index contributed by atoms with van der Waals surface area (Å²) in [5.74, 6) is -2.51. The lowest BCUT2D eigenvalue weighted by atomic mass is 9.82. The molecule has 0 spiro atoms. The number of ketones is 1. The Balaban J connectivity index is 2.23. The summed E-state index contributed by atoms with van der Waals surface area (Å²) in [4.78, 5) is 49.9. The number of Topliss-reactive ketones (excluding diaryl/α,β-unsaturated/α-hetero) is 1. The number of aliphatic hydroxyl groups is 1. The molecular formula is C20H26N2O7S. The maximum atomic E-state index is 13.0. The van der Waals surface area contributed by atoms with Gasteiger partial charge in [-0.1, -0.05) is 20.8 Å². The van der Waals surface area contributed by atoms with Crippen molar-refractivity contribution in [2.75, 3.05) is 6.26 Å². The van der Waals surface area contributed by atoms with Gasteiger partial charge in [0.25, 0.3) is 5.69 Å². The monoisotopic (exact) mass is 438 g/mol. The first-order valence-electron chi connectivity index (χ1n) is 9.37. The third kappa shape index (κ3) is 4.81. The normalized spacial score (nSPS) is 20.9. The molecule has 1 amide bonds. The molecule has 1 aromatic carbocycles. The van der Waals surface area contributed by atoms with Crippen molar-refractivity contribution in [3.63, 3.8) is 0 Å². The van der Waals surface area contributed by atoms with E-state index in [4.69, 9.17) is 4.74 Å². The van der Waals surface area contributed by atoms with Gasteiger partial charge in [-0.15, -0.1) is 11.8 Å². The molecule has 164 valence electrons. The average molecular weight is 439 g/mol. The molecule has 0 bridgehead atoms. The zero-order chi connectivity index (χ0) is 22.8. The van der Waals surface area contributed by atoms with Crippen molar-refractivity contribution in [3.8, 4) is 0 Å². The fourth-order valence-electron chi connectivity index (χ4n) is 3.19. The Morgan fingerprint density at radius 3 is 2.30 bits per heavy atom. The molecule has 1 N–H and O–H groups in total. The first-order valence-corrected chi connectivity index (χ1v) is 10.7. The highest BCUT2D eigenvalue weighted by molar-refractivity contribution is 7.99. The van der Waals surface area contributed by atoms with Crippen LogP contribution in [0.4, 0.5) is 5.69 Å². The maximum Gasteiger partial charge on any atom is 0.337 e. The van der Waals surface area contributed by atoms with Crippen molar-refractivity contribution in [3.05, 3.63) is 39.9 Å². The van der Waals surface area contributed by atoms with Crippen LogP contribution in [0.15, 0.2) is 24.3 Å². The van der Waals surface area contributed by atoms with E-state index in [9.17, 15) is 29.6 Å². The fourth-order valence-corrected chi connectivity index (χ4v) is 4.28. The number of esters is 1. The molecule has 2 rings (SSSR count). The standard InChI is InChI=1S/C20H26N2O7S/c1-11(23)14-17(25)21(18(14)30-5)15(16(24)20(2,3)4)19(26)29-10-12-6-8-13(9-7-12)22(27)28/h6-9,11,14-15,18,23H,10H2,1-5H3/t11-,14+,15?,18-/m1/s1. The number of hydrogen-bond acceptors (Lipinski definition) is 8. The van der Waals surface area contributed by atoms with E-state index in [0.29, 0.717) is 5.56 Å². The number of ether oxygens (including phenoxy) is 1. The Kier molecular flexibility index (Phi) is 7.25. The number of non-ortho nitro benzene ring substituents is 1. The SMILES string of the molecule is CS[C@@H]1[C@@H]([C@@H](C)O)C(=O)N1C(C(=O)OCc1ccc([N+](=O)[O-])cc1)C(=O)C(C)(C)C. The van der Waals surface area contributed by atoms with E-state index in [1.54, 1.807) is 27.0 Å². The highest BCUT2D eigenvalue weighted by Gasteiger charge is 2.57. The number of amides is 1. The number of thioether (sulfide) groups is 1. The van der Waals surface area contributed by atoms with Gasteiger partial charge >= 0.3 is 5.97 Å². The van der Waals surface area contributed by atoms with Crippen LogP contribution in [-0.2, 0) is 25.7 Å². The van der Waals surface area contributed by atoms with Crippen LogP contribution in [0.2, 0.25) is 0 Å². The zero-order valence-corrected chi connectivity index (χ0v) is 18.3. The Morgan fingerprint density at radius 2 is 1.87 bits per heavy atom. The van der Waals surface area contributed by atoms with Crippen molar-refractivity contribution in [2.45, 2.75) is 51.8 Å². The molecule has 30 heavy (non-hydrogen) atoms. The third-order valence-electron chi connectivity index (χ3n) is 4.90. The second-order valence-electron chi connectivity index (χ2n) is 8.19. The van der Waals surface area contributed by atoms with Crippen LogP contribution in [0.5, 0.6) is 0 Å². The van der Waals surface area contributed by atoms with Gasteiger partial charge in [-0.2, -0.15) is 0 Å². The van der Waals surface area contributed by atoms with Crippen LogP contribution in [0.3, 0.4) is 0 Å². The van der Waals surface area contributed by atoms with Gasteiger partial charge in [-0.3, -0.25) is 19.7 Å². The number of nitrogens with zero attached hydrogens (tertiary/aromatic N) is 2. The summed E-state index contributed by atoms with van der Waals surface area (Å²) in [6.45, 7) is 6.25. The van der Waals surface area contributed by atoms with E-state index in [2.05, 4.69) is 0 Å². The average Bonchev–Trinajstić information content (AvgIpc) is 2.66. The molecule has 4 atom stereocenters. The summed E-state index contributed by atoms with van der Waals surface area (Å²) in [6, 6.07) is 4.06. The summed E-state index contributed by atoms with van der Waals surface area (Å²) in [7, 11) is 0. The Hall–Kier alpha value is -2.46. The molecule has 1 aromatic rings. The van der Waals surface area contributed by atoms with E-state index < -0.39 is 51.4 Å². The van der Waals surface area contributed by atoms with E-state index >= 15 is 0 Å². The van der Waals surface area contributed by atoms with Crippen LogP contribution in [-0.4, -0.2) is 56.4 Å². The molecule has 1 heterocycles. The molecule has 1 unspecified atom stereocenters. The molecule has 1 fully saturated rings. The van der Waals surface area contributed by atoms with E-state index in [1.165, 1.54) is 47.9 Å². The number of rotatable bonds is 8. The Morgan fingerprint density at radius 1 is 1.30 bits per heavy atom. The molecule has 10 heteroatoms. The van der Waals surface area contributed by atoms with Crippen LogP contribution >= 0.6 is 11.8 Å². The summed E-state index contributed by atoms with van der Waals surface area (Å²) >= 11 is 1.27. The Bertz CT molecular complexity index is 833. The van der Waals surface area contributed by atoms with Crippen molar-refractivity contribution >= 4 is 35.1 Å². The highest BCUT2D eigenvalue weighted by Crippen LogP contribution is 2.39. The first kappa shape index (κ1) is 23.8. The number of β-lactam (4-membered cyclic amide) rings is 1. The minimum Gasteiger partial charge on any atom is -0.459 e. The van der Waals surface area contributed by atoms with Crippen LogP contribution in [0.1, 0.15) is 33.3 Å². The first-order chi connectivity index (χ1) is 13.9. The Labute approximate surface area is 178 Å². The van der Waals surface area contributed by atoms with E-state index in [1.807, 2.05) is 0 Å². The third-order valence-corrected chi connectivity index (χ3v) is 5.90. The lowest BCUT2D eigenvalue weighted by molar-refractivity contribution is -0.384.